The van der Waals surface area contributed by atoms with Crippen molar-refractivity contribution in [3.05, 3.63) is 83.5 Å². The fourth-order valence-corrected chi connectivity index (χ4v) is 3.96. The van der Waals surface area contributed by atoms with Crippen molar-refractivity contribution in [2.45, 2.75) is 39.3 Å². The van der Waals surface area contributed by atoms with Crippen LogP contribution in [0.3, 0.4) is 0 Å². The first-order valence-electron chi connectivity index (χ1n) is 11.0. The van der Waals surface area contributed by atoms with E-state index < -0.39 is 23.5 Å². The third-order valence-electron chi connectivity index (χ3n) is 5.56. The highest BCUT2D eigenvalue weighted by Gasteiger charge is 2.44. The van der Waals surface area contributed by atoms with E-state index in [1.807, 2.05) is 42.0 Å². The van der Waals surface area contributed by atoms with E-state index >= 15 is 0 Å². The first-order valence-corrected chi connectivity index (χ1v) is 11.0. The lowest BCUT2D eigenvalue weighted by atomic mass is 9.95. The first-order chi connectivity index (χ1) is 16.0. The molecule has 33 heavy (non-hydrogen) atoms. The summed E-state index contributed by atoms with van der Waals surface area (Å²) in [6, 6.07) is 9.79. The van der Waals surface area contributed by atoms with Crippen molar-refractivity contribution in [3.8, 4) is 5.75 Å². The molecular formula is C25H27N3O5. The molecule has 0 aliphatic carbocycles. The van der Waals surface area contributed by atoms with Crippen LogP contribution >= 0.6 is 0 Å². The topological polar surface area (TPSA) is 97.8 Å². The van der Waals surface area contributed by atoms with Gasteiger partial charge in [0.15, 0.2) is 11.5 Å². The normalized spacial score (nSPS) is 16.0. The van der Waals surface area contributed by atoms with Crippen molar-refractivity contribution < 1.29 is 23.8 Å². The van der Waals surface area contributed by atoms with Crippen LogP contribution in [-0.4, -0.2) is 44.4 Å². The summed E-state index contributed by atoms with van der Waals surface area (Å²) in [7, 11) is 0. The molecule has 0 radical (unpaired) electrons. The van der Waals surface area contributed by atoms with E-state index in [4.69, 9.17) is 9.15 Å². The van der Waals surface area contributed by atoms with Gasteiger partial charge < -0.3 is 23.7 Å². The second-order valence-corrected chi connectivity index (χ2v) is 7.97. The number of carbonyl (C=O) groups excluding carboxylic acids is 2. The standard InChI is InChI=1S/C25H27N3O5/c1-3-15-32-19-8-6-18(7-9-19)22-21(23(29)20-10-5-17(2)33-20)24(30)25(31)28(22)13-4-12-27-14-11-26-16-27/h5-11,14,16,22,30H,3-4,12-13,15H2,1-2H3/t22-/m1/s1. The maximum absolute atomic E-state index is 13.3. The second-order valence-electron chi connectivity index (χ2n) is 7.97. The van der Waals surface area contributed by atoms with E-state index in [-0.39, 0.29) is 11.3 Å². The van der Waals surface area contributed by atoms with Crippen LogP contribution in [0.1, 0.15) is 47.7 Å². The molecule has 0 fully saturated rings. The number of amides is 1. The summed E-state index contributed by atoms with van der Waals surface area (Å²) in [6.45, 7) is 5.38. The second kappa shape index (κ2) is 9.77. The summed E-state index contributed by atoms with van der Waals surface area (Å²) in [5, 5.41) is 10.7. The molecule has 172 valence electrons. The largest absolute Gasteiger partial charge is 0.503 e. The number of nitrogens with zero attached hydrogens (tertiary/aromatic N) is 3. The number of ether oxygens (including phenoxy) is 1. The lowest BCUT2D eigenvalue weighted by Crippen LogP contribution is -2.32. The number of benzene rings is 1. The van der Waals surface area contributed by atoms with Gasteiger partial charge >= 0.3 is 0 Å². The SMILES string of the molecule is CCCOc1ccc([C@@H]2C(C(=O)c3ccc(C)o3)=C(O)C(=O)N2CCCn2ccnc2)cc1. The molecule has 0 spiro atoms. The zero-order valence-corrected chi connectivity index (χ0v) is 18.7. The summed E-state index contributed by atoms with van der Waals surface area (Å²) >= 11 is 0. The van der Waals surface area contributed by atoms with Gasteiger partial charge in [-0.05, 0) is 49.6 Å². The van der Waals surface area contributed by atoms with Crippen molar-refractivity contribution >= 4 is 11.7 Å². The van der Waals surface area contributed by atoms with E-state index in [0.29, 0.717) is 43.2 Å². The van der Waals surface area contributed by atoms with E-state index in [1.165, 1.54) is 4.90 Å². The number of ketones is 1. The maximum atomic E-state index is 13.3. The number of imidazole rings is 1. The Bertz CT molecular complexity index is 1150. The Morgan fingerprint density at radius 3 is 2.61 bits per heavy atom. The van der Waals surface area contributed by atoms with Crippen molar-refractivity contribution in [1.82, 2.24) is 14.5 Å². The number of aliphatic hydroxyl groups excluding tert-OH is 1. The number of hydrogen-bond donors (Lipinski definition) is 1. The molecule has 0 saturated carbocycles. The Kier molecular flexibility index (Phi) is 6.63. The average molecular weight is 450 g/mol. The van der Waals surface area contributed by atoms with Crippen molar-refractivity contribution in [1.29, 1.82) is 0 Å². The minimum Gasteiger partial charge on any atom is -0.503 e. The molecule has 1 aromatic carbocycles. The van der Waals surface area contributed by atoms with Gasteiger partial charge in [-0.1, -0.05) is 19.1 Å². The van der Waals surface area contributed by atoms with Gasteiger partial charge in [-0.15, -0.1) is 0 Å². The van der Waals surface area contributed by atoms with Crippen LogP contribution in [-0.2, 0) is 11.3 Å². The Balaban J connectivity index is 1.64. The third kappa shape index (κ3) is 4.69. The molecule has 1 atom stereocenters. The van der Waals surface area contributed by atoms with Gasteiger partial charge in [-0.2, -0.15) is 0 Å². The van der Waals surface area contributed by atoms with Crippen LogP contribution in [0.2, 0.25) is 0 Å². The minimum absolute atomic E-state index is 0.0270. The Morgan fingerprint density at radius 2 is 1.97 bits per heavy atom. The third-order valence-corrected chi connectivity index (χ3v) is 5.56. The number of hydrogen-bond acceptors (Lipinski definition) is 6. The van der Waals surface area contributed by atoms with Crippen LogP contribution in [0.5, 0.6) is 5.75 Å². The van der Waals surface area contributed by atoms with Gasteiger partial charge in [0.05, 0.1) is 24.5 Å². The monoisotopic (exact) mass is 449 g/mol. The number of furan rings is 1. The summed E-state index contributed by atoms with van der Waals surface area (Å²) in [6.07, 6.45) is 6.78. The molecule has 4 rings (SSSR count). The number of rotatable bonds is 10. The molecule has 0 unspecified atom stereocenters. The molecule has 1 aliphatic heterocycles. The average Bonchev–Trinajstić information content (AvgIpc) is 3.55. The molecule has 0 bridgehead atoms. The van der Waals surface area contributed by atoms with E-state index in [9.17, 15) is 14.7 Å². The van der Waals surface area contributed by atoms with Gasteiger partial charge in [-0.3, -0.25) is 9.59 Å². The van der Waals surface area contributed by atoms with Gasteiger partial charge in [-0.25, -0.2) is 4.98 Å². The number of carbonyl (C=O) groups is 2. The van der Waals surface area contributed by atoms with Crippen LogP contribution in [0, 0.1) is 6.92 Å². The zero-order chi connectivity index (χ0) is 23.4. The minimum atomic E-state index is -0.724. The molecule has 8 nitrogen and oxygen atoms in total. The molecule has 2 aromatic heterocycles. The predicted molar refractivity (Wildman–Crippen MR) is 121 cm³/mol. The summed E-state index contributed by atoms with van der Waals surface area (Å²) in [5.41, 5.74) is 0.740. The molecule has 8 heteroatoms. The zero-order valence-electron chi connectivity index (χ0n) is 18.7. The molecule has 1 aliphatic rings. The van der Waals surface area contributed by atoms with E-state index in [0.717, 1.165) is 6.42 Å². The van der Waals surface area contributed by atoms with E-state index in [2.05, 4.69) is 4.98 Å². The molecular weight excluding hydrogens is 422 g/mol. The molecule has 1 amide bonds. The number of aromatic nitrogens is 2. The summed E-state index contributed by atoms with van der Waals surface area (Å²) < 4.78 is 13.1. The number of aliphatic hydroxyl groups is 1. The quantitative estimate of drug-likeness (QED) is 0.465. The maximum Gasteiger partial charge on any atom is 0.290 e. The fourth-order valence-electron chi connectivity index (χ4n) is 3.96. The van der Waals surface area contributed by atoms with Gasteiger partial charge in [0, 0.05) is 25.5 Å². The van der Waals surface area contributed by atoms with Gasteiger partial charge in [0.1, 0.15) is 11.5 Å². The number of Topliss-reactive ketones (excluding diaryl/α,β-unsaturated/α-hetero) is 1. The lowest BCUT2D eigenvalue weighted by molar-refractivity contribution is -0.129. The smallest absolute Gasteiger partial charge is 0.290 e. The Labute approximate surface area is 192 Å². The lowest BCUT2D eigenvalue weighted by Gasteiger charge is -2.27. The summed E-state index contributed by atoms with van der Waals surface area (Å²) in [5.74, 6) is -0.220. The van der Waals surface area contributed by atoms with Crippen LogP contribution in [0.4, 0.5) is 0 Å². The molecule has 1 N–H and O–H groups in total. The van der Waals surface area contributed by atoms with Crippen LogP contribution in [0.25, 0.3) is 0 Å². The molecule has 0 saturated heterocycles. The molecule has 3 aromatic rings. The Hall–Kier alpha value is -3.81. The highest BCUT2D eigenvalue weighted by Crippen LogP contribution is 2.39. The summed E-state index contributed by atoms with van der Waals surface area (Å²) in [4.78, 5) is 31.9. The number of aryl methyl sites for hydroxylation is 2. The first kappa shape index (κ1) is 22.4. The fraction of sp³-hybridized carbons (Fsp3) is 0.320. The Morgan fingerprint density at radius 1 is 1.18 bits per heavy atom. The molecule has 3 heterocycles. The van der Waals surface area contributed by atoms with E-state index in [1.54, 1.807) is 31.6 Å². The van der Waals surface area contributed by atoms with Crippen molar-refractivity contribution in [3.63, 3.8) is 0 Å². The van der Waals surface area contributed by atoms with Gasteiger partial charge in [0.25, 0.3) is 5.91 Å². The van der Waals surface area contributed by atoms with Gasteiger partial charge in [0.2, 0.25) is 5.78 Å². The highest BCUT2D eigenvalue weighted by atomic mass is 16.5. The highest BCUT2D eigenvalue weighted by molar-refractivity contribution is 6.15. The van der Waals surface area contributed by atoms with Crippen LogP contribution in [0.15, 0.2) is 70.9 Å². The van der Waals surface area contributed by atoms with Crippen molar-refractivity contribution in [2.24, 2.45) is 0 Å². The van der Waals surface area contributed by atoms with Crippen LogP contribution < -0.4 is 4.74 Å². The predicted octanol–water partition coefficient (Wildman–Crippen LogP) is 4.24. The van der Waals surface area contributed by atoms with Crippen molar-refractivity contribution in [2.75, 3.05) is 13.2 Å².